The van der Waals surface area contributed by atoms with Gasteiger partial charge < -0.3 is 14.8 Å². The second-order valence-corrected chi connectivity index (χ2v) is 5.41. The molecule has 8 heteroatoms. The Hall–Kier alpha value is -2.41. The lowest BCUT2D eigenvalue weighted by atomic mass is 10.2. The minimum atomic E-state index is -4.39. The zero-order valence-electron chi connectivity index (χ0n) is 13.2. The molecule has 4 nitrogen and oxygen atoms in total. The van der Waals surface area contributed by atoms with Crippen molar-refractivity contribution in [1.82, 2.24) is 5.32 Å². The molecule has 0 heterocycles. The number of benzene rings is 2. The molecule has 134 valence electrons. The number of halogens is 4. The first-order valence-electron chi connectivity index (χ1n) is 7.23. The molecule has 0 aliphatic rings. The molecule has 0 aliphatic carbocycles. The SMILES string of the molecule is COc1ccc(Cl)cc1C(=O)NCCOc1ccc(C(F)(F)F)cc1. The Morgan fingerprint density at radius 2 is 1.84 bits per heavy atom. The first-order chi connectivity index (χ1) is 11.8. The average molecular weight is 374 g/mol. The van der Waals surface area contributed by atoms with E-state index in [4.69, 9.17) is 21.1 Å². The number of carbonyl (C=O) groups excluding carboxylic acids is 1. The third-order valence-corrected chi connectivity index (χ3v) is 3.48. The molecule has 0 aromatic heterocycles. The van der Waals surface area contributed by atoms with Gasteiger partial charge in [0, 0.05) is 5.02 Å². The highest BCUT2D eigenvalue weighted by Crippen LogP contribution is 2.30. The first kappa shape index (κ1) is 18.9. The molecule has 0 saturated carbocycles. The van der Waals surface area contributed by atoms with Gasteiger partial charge in [0.05, 0.1) is 24.8 Å². The number of rotatable bonds is 6. The van der Waals surface area contributed by atoms with Crippen LogP contribution in [0.25, 0.3) is 0 Å². The standard InChI is InChI=1S/C17H15ClF3NO3/c1-24-15-7-4-12(18)10-14(15)16(23)22-8-9-25-13-5-2-11(3-6-13)17(19,20)21/h2-7,10H,8-9H2,1H3,(H,22,23). The van der Waals surface area contributed by atoms with E-state index >= 15 is 0 Å². The second kappa shape index (κ2) is 8.11. The van der Waals surface area contributed by atoms with Gasteiger partial charge in [-0.2, -0.15) is 13.2 Å². The van der Waals surface area contributed by atoms with Gasteiger partial charge in [-0.25, -0.2) is 0 Å². The van der Waals surface area contributed by atoms with Gasteiger partial charge in [0.15, 0.2) is 0 Å². The number of amides is 1. The van der Waals surface area contributed by atoms with E-state index in [0.717, 1.165) is 12.1 Å². The summed E-state index contributed by atoms with van der Waals surface area (Å²) in [6.07, 6.45) is -4.39. The van der Waals surface area contributed by atoms with Gasteiger partial charge in [-0.1, -0.05) is 11.6 Å². The van der Waals surface area contributed by atoms with Crippen LogP contribution >= 0.6 is 11.6 Å². The van der Waals surface area contributed by atoms with E-state index in [9.17, 15) is 18.0 Å². The molecule has 2 aromatic carbocycles. The van der Waals surface area contributed by atoms with E-state index in [1.807, 2.05) is 0 Å². The molecular formula is C17H15ClF3NO3. The second-order valence-electron chi connectivity index (χ2n) is 4.97. The van der Waals surface area contributed by atoms with Crippen molar-refractivity contribution in [2.45, 2.75) is 6.18 Å². The van der Waals surface area contributed by atoms with Crippen LogP contribution in [0.4, 0.5) is 13.2 Å². The predicted molar refractivity (Wildman–Crippen MR) is 87.3 cm³/mol. The molecule has 0 spiro atoms. The van der Waals surface area contributed by atoms with Crippen LogP contribution in [0.5, 0.6) is 11.5 Å². The van der Waals surface area contributed by atoms with Crippen molar-refractivity contribution in [1.29, 1.82) is 0 Å². The van der Waals surface area contributed by atoms with Crippen molar-refractivity contribution in [3.63, 3.8) is 0 Å². The van der Waals surface area contributed by atoms with E-state index in [1.54, 1.807) is 12.1 Å². The van der Waals surface area contributed by atoms with Crippen LogP contribution in [0.2, 0.25) is 5.02 Å². The van der Waals surface area contributed by atoms with E-state index in [2.05, 4.69) is 5.32 Å². The summed E-state index contributed by atoms with van der Waals surface area (Å²) in [7, 11) is 1.44. The highest BCUT2D eigenvalue weighted by atomic mass is 35.5. The smallest absolute Gasteiger partial charge is 0.416 e. The monoisotopic (exact) mass is 373 g/mol. The van der Waals surface area contributed by atoms with Gasteiger partial charge in [0.2, 0.25) is 0 Å². The molecule has 1 amide bonds. The highest BCUT2D eigenvalue weighted by molar-refractivity contribution is 6.31. The van der Waals surface area contributed by atoms with Crippen LogP contribution in [0.15, 0.2) is 42.5 Å². The molecule has 0 atom stereocenters. The molecule has 0 fully saturated rings. The maximum absolute atomic E-state index is 12.5. The Morgan fingerprint density at radius 1 is 1.16 bits per heavy atom. The molecule has 2 aromatic rings. The van der Waals surface area contributed by atoms with E-state index < -0.39 is 17.6 Å². The fourth-order valence-corrected chi connectivity index (χ4v) is 2.20. The molecule has 0 aliphatic heterocycles. The maximum atomic E-state index is 12.5. The summed E-state index contributed by atoms with van der Waals surface area (Å²) in [4.78, 5) is 12.1. The topological polar surface area (TPSA) is 47.6 Å². The third kappa shape index (κ3) is 5.29. The lowest BCUT2D eigenvalue weighted by molar-refractivity contribution is -0.137. The van der Waals surface area contributed by atoms with Gasteiger partial charge in [0.1, 0.15) is 18.1 Å². The van der Waals surface area contributed by atoms with Gasteiger partial charge in [0.25, 0.3) is 5.91 Å². The molecule has 0 saturated heterocycles. The molecule has 2 rings (SSSR count). The Morgan fingerprint density at radius 3 is 2.44 bits per heavy atom. The minimum absolute atomic E-state index is 0.0972. The summed E-state index contributed by atoms with van der Waals surface area (Å²) in [6.45, 7) is 0.259. The normalized spacial score (nSPS) is 11.1. The van der Waals surface area contributed by atoms with Crippen molar-refractivity contribution >= 4 is 17.5 Å². The fraction of sp³-hybridized carbons (Fsp3) is 0.235. The maximum Gasteiger partial charge on any atom is 0.416 e. The van der Waals surface area contributed by atoms with Gasteiger partial charge in [-0.05, 0) is 42.5 Å². The number of hydrogen-bond donors (Lipinski definition) is 1. The molecular weight excluding hydrogens is 359 g/mol. The lowest BCUT2D eigenvalue weighted by Gasteiger charge is -2.11. The summed E-state index contributed by atoms with van der Waals surface area (Å²) >= 11 is 5.86. The minimum Gasteiger partial charge on any atom is -0.496 e. The summed E-state index contributed by atoms with van der Waals surface area (Å²) in [5.41, 5.74) is -0.467. The van der Waals surface area contributed by atoms with Crippen LogP contribution in [-0.2, 0) is 6.18 Å². The van der Waals surface area contributed by atoms with E-state index in [-0.39, 0.29) is 24.5 Å². The van der Waals surface area contributed by atoms with Gasteiger partial charge >= 0.3 is 6.18 Å². The molecule has 0 bridgehead atoms. The quantitative estimate of drug-likeness (QED) is 0.773. The molecule has 1 N–H and O–H groups in total. The number of methoxy groups -OCH3 is 1. The number of alkyl halides is 3. The Kier molecular flexibility index (Phi) is 6.14. The van der Waals surface area contributed by atoms with Gasteiger partial charge in [-0.3, -0.25) is 4.79 Å². The first-order valence-corrected chi connectivity index (χ1v) is 7.61. The number of carbonyl (C=O) groups is 1. The molecule has 25 heavy (non-hydrogen) atoms. The lowest BCUT2D eigenvalue weighted by Crippen LogP contribution is -2.28. The van der Waals surface area contributed by atoms with Crippen molar-refractivity contribution < 1.29 is 27.4 Å². The van der Waals surface area contributed by atoms with Crippen LogP contribution in [0, 0.1) is 0 Å². The number of nitrogens with one attached hydrogen (secondary N) is 1. The molecule has 0 radical (unpaired) electrons. The zero-order valence-corrected chi connectivity index (χ0v) is 13.9. The fourth-order valence-electron chi connectivity index (χ4n) is 2.03. The van der Waals surface area contributed by atoms with E-state index in [1.165, 1.54) is 25.3 Å². The van der Waals surface area contributed by atoms with Crippen LogP contribution in [-0.4, -0.2) is 26.2 Å². The Balaban J connectivity index is 1.85. The van der Waals surface area contributed by atoms with Crippen molar-refractivity contribution in [2.24, 2.45) is 0 Å². The van der Waals surface area contributed by atoms with Crippen LogP contribution in [0.1, 0.15) is 15.9 Å². The molecule has 0 unspecified atom stereocenters. The van der Waals surface area contributed by atoms with Crippen LogP contribution < -0.4 is 14.8 Å². The van der Waals surface area contributed by atoms with Crippen LogP contribution in [0.3, 0.4) is 0 Å². The third-order valence-electron chi connectivity index (χ3n) is 3.24. The summed E-state index contributed by atoms with van der Waals surface area (Å²) in [5.74, 6) is 0.267. The summed E-state index contributed by atoms with van der Waals surface area (Å²) in [5, 5.41) is 3.02. The largest absolute Gasteiger partial charge is 0.496 e. The predicted octanol–water partition coefficient (Wildman–Crippen LogP) is 4.18. The highest BCUT2D eigenvalue weighted by Gasteiger charge is 2.30. The average Bonchev–Trinajstić information content (AvgIpc) is 2.58. The Labute approximate surface area is 147 Å². The summed E-state index contributed by atoms with van der Waals surface area (Å²) < 4.78 is 47.8. The number of hydrogen-bond acceptors (Lipinski definition) is 3. The Bertz CT molecular complexity index is 733. The van der Waals surface area contributed by atoms with Crippen molar-refractivity contribution in [3.05, 3.63) is 58.6 Å². The summed E-state index contributed by atoms with van der Waals surface area (Å²) in [6, 6.07) is 8.98. The van der Waals surface area contributed by atoms with Gasteiger partial charge in [-0.15, -0.1) is 0 Å². The number of ether oxygens (including phenoxy) is 2. The zero-order chi connectivity index (χ0) is 18.4. The van der Waals surface area contributed by atoms with Crippen molar-refractivity contribution in [3.8, 4) is 11.5 Å². The van der Waals surface area contributed by atoms with E-state index in [0.29, 0.717) is 10.8 Å². The van der Waals surface area contributed by atoms with Crippen molar-refractivity contribution in [2.75, 3.05) is 20.3 Å².